The Balaban J connectivity index is 2.25. The standard InChI is InChI=1S/C17H21Br2NS/c1-4-20-16(15-10-14(18)17(19)21-15)13-7-5-12(6-8-13)9-11(2)3/h5-8,10-11,16,20H,4,9H2,1-3H3. The Hall–Kier alpha value is -0.160. The topological polar surface area (TPSA) is 12.0 Å². The molecule has 0 aliphatic rings. The van der Waals surface area contributed by atoms with Gasteiger partial charge in [0.05, 0.1) is 9.83 Å². The van der Waals surface area contributed by atoms with E-state index in [4.69, 9.17) is 0 Å². The SMILES string of the molecule is CCNC(c1ccc(CC(C)C)cc1)c1cc(Br)c(Br)s1. The summed E-state index contributed by atoms with van der Waals surface area (Å²) in [5.74, 6) is 0.699. The van der Waals surface area contributed by atoms with E-state index in [1.807, 2.05) is 0 Å². The van der Waals surface area contributed by atoms with Crippen molar-refractivity contribution in [3.05, 3.63) is 54.6 Å². The summed E-state index contributed by atoms with van der Waals surface area (Å²) in [6, 6.07) is 11.5. The van der Waals surface area contributed by atoms with E-state index in [9.17, 15) is 0 Å². The van der Waals surface area contributed by atoms with E-state index >= 15 is 0 Å². The highest BCUT2D eigenvalue weighted by Gasteiger charge is 2.17. The van der Waals surface area contributed by atoms with Crippen LogP contribution in [-0.4, -0.2) is 6.54 Å². The third kappa shape index (κ3) is 4.65. The lowest BCUT2D eigenvalue weighted by atomic mass is 9.99. The monoisotopic (exact) mass is 429 g/mol. The van der Waals surface area contributed by atoms with Crippen molar-refractivity contribution in [2.45, 2.75) is 33.2 Å². The van der Waals surface area contributed by atoms with Gasteiger partial charge in [-0.3, -0.25) is 0 Å². The van der Waals surface area contributed by atoms with E-state index in [1.165, 1.54) is 16.0 Å². The summed E-state index contributed by atoms with van der Waals surface area (Å²) in [6.07, 6.45) is 1.14. The largest absolute Gasteiger partial charge is 0.306 e. The molecule has 1 nitrogen and oxygen atoms in total. The van der Waals surface area contributed by atoms with Gasteiger partial charge in [0.1, 0.15) is 0 Å². The second-order valence-electron chi connectivity index (χ2n) is 5.60. The molecule has 21 heavy (non-hydrogen) atoms. The number of benzene rings is 1. The molecule has 1 atom stereocenters. The van der Waals surface area contributed by atoms with Crippen LogP contribution in [0, 0.1) is 5.92 Å². The summed E-state index contributed by atoms with van der Waals surface area (Å²) in [7, 11) is 0. The van der Waals surface area contributed by atoms with Crippen LogP contribution < -0.4 is 5.32 Å². The van der Waals surface area contributed by atoms with Crippen LogP contribution in [0.5, 0.6) is 0 Å². The summed E-state index contributed by atoms with van der Waals surface area (Å²) in [5.41, 5.74) is 2.74. The molecule has 2 aromatic rings. The zero-order valence-corrected chi connectivity index (χ0v) is 16.6. The van der Waals surface area contributed by atoms with Crippen molar-refractivity contribution in [1.29, 1.82) is 0 Å². The molecule has 4 heteroatoms. The Bertz CT molecular complexity index is 555. The van der Waals surface area contributed by atoms with Crippen molar-refractivity contribution in [1.82, 2.24) is 5.32 Å². The van der Waals surface area contributed by atoms with Crippen molar-refractivity contribution in [3.63, 3.8) is 0 Å². The third-order valence-electron chi connectivity index (χ3n) is 3.31. The van der Waals surface area contributed by atoms with E-state index in [-0.39, 0.29) is 6.04 Å². The fourth-order valence-electron chi connectivity index (χ4n) is 2.41. The molecule has 0 spiro atoms. The molecule has 1 aromatic heterocycles. The molecule has 0 bridgehead atoms. The van der Waals surface area contributed by atoms with Crippen molar-refractivity contribution >= 4 is 43.2 Å². The van der Waals surface area contributed by atoms with Crippen LogP contribution in [0.2, 0.25) is 0 Å². The quantitative estimate of drug-likeness (QED) is 0.577. The summed E-state index contributed by atoms with van der Waals surface area (Å²) in [4.78, 5) is 1.33. The van der Waals surface area contributed by atoms with Crippen LogP contribution in [0.3, 0.4) is 0 Å². The van der Waals surface area contributed by atoms with Gasteiger partial charge in [-0.2, -0.15) is 0 Å². The smallest absolute Gasteiger partial charge is 0.0843 e. The van der Waals surface area contributed by atoms with E-state index in [0.29, 0.717) is 5.92 Å². The van der Waals surface area contributed by atoms with Gasteiger partial charge >= 0.3 is 0 Å². The van der Waals surface area contributed by atoms with Gasteiger partial charge in [0.15, 0.2) is 0 Å². The molecule has 0 fully saturated rings. The van der Waals surface area contributed by atoms with Crippen LogP contribution in [0.4, 0.5) is 0 Å². The predicted octanol–water partition coefficient (Wildman–Crippen LogP) is 6.17. The zero-order valence-electron chi connectivity index (χ0n) is 12.6. The number of rotatable bonds is 6. The van der Waals surface area contributed by atoms with Crippen LogP contribution >= 0.6 is 43.2 Å². The molecular weight excluding hydrogens is 410 g/mol. The lowest BCUT2D eigenvalue weighted by Crippen LogP contribution is -2.21. The van der Waals surface area contributed by atoms with Crippen LogP contribution in [0.25, 0.3) is 0 Å². The average molecular weight is 431 g/mol. The highest BCUT2D eigenvalue weighted by atomic mass is 79.9. The van der Waals surface area contributed by atoms with Gasteiger partial charge in [0.25, 0.3) is 0 Å². The molecule has 1 aromatic carbocycles. The summed E-state index contributed by atoms with van der Waals surface area (Å²) < 4.78 is 2.28. The van der Waals surface area contributed by atoms with E-state index in [1.54, 1.807) is 11.3 Å². The fraction of sp³-hybridized carbons (Fsp3) is 0.412. The second-order valence-corrected chi connectivity index (χ2v) is 8.86. The first-order chi connectivity index (χ1) is 10.0. The molecule has 1 unspecified atom stereocenters. The van der Waals surface area contributed by atoms with Gasteiger partial charge in [-0.1, -0.05) is 45.0 Å². The minimum Gasteiger partial charge on any atom is -0.306 e. The molecule has 0 saturated heterocycles. The number of nitrogens with one attached hydrogen (secondary N) is 1. The van der Waals surface area contributed by atoms with E-state index in [2.05, 4.69) is 88.3 Å². The summed E-state index contributed by atoms with van der Waals surface area (Å²) in [6.45, 7) is 7.62. The lowest BCUT2D eigenvalue weighted by molar-refractivity contribution is 0.635. The van der Waals surface area contributed by atoms with E-state index < -0.39 is 0 Å². The minimum absolute atomic E-state index is 0.260. The average Bonchev–Trinajstić information content (AvgIpc) is 2.76. The molecule has 114 valence electrons. The molecule has 0 radical (unpaired) electrons. The third-order valence-corrected chi connectivity index (χ3v) is 6.64. The highest BCUT2D eigenvalue weighted by molar-refractivity contribution is 9.13. The fourth-order valence-corrected chi connectivity index (χ4v) is 4.60. The first kappa shape index (κ1) is 17.2. The van der Waals surface area contributed by atoms with Crippen molar-refractivity contribution in [2.75, 3.05) is 6.54 Å². The van der Waals surface area contributed by atoms with Crippen molar-refractivity contribution in [3.8, 4) is 0 Å². The minimum atomic E-state index is 0.260. The normalized spacial score (nSPS) is 12.9. The summed E-state index contributed by atoms with van der Waals surface area (Å²) >= 11 is 8.95. The van der Waals surface area contributed by atoms with Crippen LogP contribution in [0.15, 0.2) is 38.6 Å². The van der Waals surface area contributed by atoms with Gasteiger partial charge in [-0.15, -0.1) is 11.3 Å². The lowest BCUT2D eigenvalue weighted by Gasteiger charge is -2.17. The first-order valence-electron chi connectivity index (χ1n) is 7.28. The van der Waals surface area contributed by atoms with Crippen molar-refractivity contribution in [2.24, 2.45) is 5.92 Å². The molecule has 0 aliphatic carbocycles. The molecule has 1 N–H and O–H groups in total. The van der Waals surface area contributed by atoms with Gasteiger partial charge in [-0.25, -0.2) is 0 Å². The summed E-state index contributed by atoms with van der Waals surface area (Å²) in [5, 5.41) is 3.58. The molecular formula is C17H21Br2NS. The number of hydrogen-bond acceptors (Lipinski definition) is 2. The van der Waals surface area contributed by atoms with Crippen molar-refractivity contribution < 1.29 is 0 Å². The van der Waals surface area contributed by atoms with Crippen LogP contribution in [0.1, 0.15) is 42.8 Å². The number of thiophene rings is 1. The Morgan fingerprint density at radius 2 is 1.81 bits per heavy atom. The van der Waals surface area contributed by atoms with Gasteiger partial charge in [0.2, 0.25) is 0 Å². The predicted molar refractivity (Wildman–Crippen MR) is 100 cm³/mol. The Kier molecular flexibility index (Phi) is 6.48. The van der Waals surface area contributed by atoms with Gasteiger partial charge in [0, 0.05) is 9.35 Å². The maximum Gasteiger partial charge on any atom is 0.0843 e. The Morgan fingerprint density at radius 1 is 1.14 bits per heavy atom. The molecule has 0 aliphatic heterocycles. The zero-order chi connectivity index (χ0) is 15.4. The Morgan fingerprint density at radius 3 is 2.29 bits per heavy atom. The maximum atomic E-state index is 3.59. The number of halogens is 2. The first-order valence-corrected chi connectivity index (χ1v) is 9.68. The Labute approximate surface area is 148 Å². The van der Waals surface area contributed by atoms with E-state index in [0.717, 1.165) is 21.2 Å². The highest BCUT2D eigenvalue weighted by Crippen LogP contribution is 2.37. The molecule has 1 heterocycles. The van der Waals surface area contributed by atoms with Crippen LogP contribution in [-0.2, 0) is 6.42 Å². The second kappa shape index (κ2) is 7.91. The maximum absolute atomic E-state index is 3.59. The molecule has 0 amide bonds. The molecule has 2 rings (SSSR count). The number of hydrogen-bond donors (Lipinski definition) is 1. The van der Waals surface area contributed by atoms with Gasteiger partial charge in [-0.05, 0) is 67.9 Å². The van der Waals surface area contributed by atoms with Gasteiger partial charge < -0.3 is 5.32 Å². The molecule has 0 saturated carbocycles.